The Bertz CT molecular complexity index is 1010. The van der Waals surface area contributed by atoms with Crippen molar-refractivity contribution in [2.45, 2.75) is 6.42 Å². The summed E-state index contributed by atoms with van der Waals surface area (Å²) < 4.78 is 2.47. The number of benzene rings is 2. The number of hydrogen-bond donors (Lipinski definition) is 2. The van der Waals surface area contributed by atoms with Crippen LogP contribution < -0.4 is 10.6 Å². The average Bonchev–Trinajstić information content (AvgIpc) is 3.07. The zero-order valence-corrected chi connectivity index (χ0v) is 24.3. The molecule has 3 saturated heterocycles. The maximum Gasteiger partial charge on any atom is 0.173 e. The highest BCUT2D eigenvalue weighted by atomic mass is 35.5. The predicted octanol–water partition coefficient (Wildman–Crippen LogP) is 4.76. The summed E-state index contributed by atoms with van der Waals surface area (Å²) in [5.41, 5.74) is 1.99. The van der Waals surface area contributed by atoms with Crippen molar-refractivity contribution in [2.75, 3.05) is 89.2 Å². The van der Waals surface area contributed by atoms with Crippen LogP contribution in [0.5, 0.6) is 0 Å². The Balaban J connectivity index is 1.10. The number of nitrogens with one attached hydrogen (secondary N) is 2. The van der Waals surface area contributed by atoms with E-state index in [2.05, 4.69) is 20.4 Å². The van der Waals surface area contributed by atoms with Crippen molar-refractivity contribution < 1.29 is 8.97 Å². The largest absolute Gasteiger partial charge is 0.338 e. The molecular formula is C27H36Cl2N6S2+2. The first-order chi connectivity index (χ1) is 17.8. The Morgan fingerprint density at radius 1 is 0.568 bits per heavy atom. The van der Waals surface area contributed by atoms with Gasteiger partial charge in [-0.3, -0.25) is 0 Å². The minimum atomic E-state index is 0.737. The van der Waals surface area contributed by atoms with Crippen LogP contribution in [0.15, 0.2) is 48.5 Å². The smallest absolute Gasteiger partial charge is 0.173 e. The summed E-state index contributed by atoms with van der Waals surface area (Å²) in [6, 6.07) is 15.5. The number of thiocarbonyl (C=S) groups is 2. The SMILES string of the molecule is S=C(Nc1ccc(Cl)cc1)N1CC[N+]2(CCC[N+]3(CCN(C(=S)Nc4ccc(Cl)cc4)CC3)CC2)CC1. The first-order valence-corrected chi connectivity index (χ1v) is 14.7. The first kappa shape index (κ1) is 26.9. The minimum Gasteiger partial charge on any atom is -0.338 e. The van der Waals surface area contributed by atoms with Gasteiger partial charge in [0.1, 0.15) is 13.1 Å². The molecule has 0 saturated carbocycles. The normalized spacial score (nSPS) is 20.9. The highest BCUT2D eigenvalue weighted by Crippen LogP contribution is 2.25. The van der Waals surface area contributed by atoms with E-state index < -0.39 is 0 Å². The van der Waals surface area contributed by atoms with Crippen LogP contribution in [0.2, 0.25) is 10.0 Å². The van der Waals surface area contributed by atoms with E-state index in [1.807, 2.05) is 48.5 Å². The topological polar surface area (TPSA) is 30.5 Å². The lowest BCUT2D eigenvalue weighted by molar-refractivity contribution is -0.966. The number of halogens is 2. The molecule has 0 radical (unpaired) electrons. The Labute approximate surface area is 241 Å². The number of rotatable bonds is 2. The molecule has 0 unspecified atom stereocenters. The molecule has 2 aromatic rings. The van der Waals surface area contributed by atoms with E-state index in [0.717, 1.165) is 57.8 Å². The predicted molar refractivity (Wildman–Crippen MR) is 163 cm³/mol. The fraction of sp³-hybridized carbons (Fsp3) is 0.481. The van der Waals surface area contributed by atoms with Gasteiger partial charge in [-0.05, 0) is 73.0 Å². The Hall–Kier alpha value is -1.68. The fourth-order valence-electron chi connectivity index (χ4n) is 5.94. The second-order valence-corrected chi connectivity index (χ2v) is 12.3. The van der Waals surface area contributed by atoms with Gasteiger partial charge in [0, 0.05) is 27.8 Å². The van der Waals surface area contributed by atoms with Crippen molar-refractivity contribution in [3.05, 3.63) is 58.6 Å². The van der Waals surface area contributed by atoms with Crippen molar-refractivity contribution in [1.29, 1.82) is 0 Å². The molecule has 0 atom stereocenters. The Morgan fingerprint density at radius 3 is 1.27 bits per heavy atom. The van der Waals surface area contributed by atoms with E-state index in [0.29, 0.717) is 0 Å². The highest BCUT2D eigenvalue weighted by Gasteiger charge is 2.42. The number of hydrogen-bond acceptors (Lipinski definition) is 2. The molecule has 2 aromatic carbocycles. The zero-order valence-electron chi connectivity index (χ0n) is 21.2. The summed E-state index contributed by atoms with van der Waals surface area (Å²) in [6.07, 6.45) is 1.29. The van der Waals surface area contributed by atoms with Crippen LogP contribution in [0.3, 0.4) is 0 Å². The molecule has 37 heavy (non-hydrogen) atoms. The van der Waals surface area contributed by atoms with E-state index in [-0.39, 0.29) is 0 Å². The van der Waals surface area contributed by atoms with Crippen molar-refractivity contribution in [2.24, 2.45) is 0 Å². The second-order valence-electron chi connectivity index (χ2n) is 10.7. The van der Waals surface area contributed by atoms with Crippen molar-refractivity contribution in [3.8, 4) is 0 Å². The first-order valence-electron chi connectivity index (χ1n) is 13.2. The van der Waals surface area contributed by atoms with Crippen LogP contribution in [-0.2, 0) is 0 Å². The average molecular weight is 580 g/mol. The van der Waals surface area contributed by atoms with Gasteiger partial charge >= 0.3 is 0 Å². The Morgan fingerprint density at radius 2 is 0.919 bits per heavy atom. The van der Waals surface area contributed by atoms with Crippen molar-refractivity contribution in [3.63, 3.8) is 0 Å². The van der Waals surface area contributed by atoms with Crippen LogP contribution in [0.1, 0.15) is 6.42 Å². The van der Waals surface area contributed by atoms with Crippen molar-refractivity contribution in [1.82, 2.24) is 9.80 Å². The summed E-state index contributed by atoms with van der Waals surface area (Å²) in [5.74, 6) is 0. The van der Waals surface area contributed by atoms with Crippen molar-refractivity contribution >= 4 is 69.2 Å². The molecule has 2 N–H and O–H groups in total. The van der Waals surface area contributed by atoms with E-state index >= 15 is 0 Å². The standard InChI is InChI=1S/C27H34Cl2N6S2/c28-22-2-6-24(7-3-22)30-26(36)32-10-16-34(17-11-32)14-1-15-35(21-20-34)18-12-33(13-19-35)27(37)31-25-8-4-23(29)5-9-25/h2-9H,1,10-21H2/p+2. The van der Waals surface area contributed by atoms with Gasteiger partial charge in [0.05, 0.1) is 65.4 Å². The van der Waals surface area contributed by atoms with Crippen LogP contribution >= 0.6 is 47.6 Å². The van der Waals surface area contributed by atoms with Gasteiger partial charge in [0.25, 0.3) is 0 Å². The minimum absolute atomic E-state index is 0.737. The summed E-state index contributed by atoms with van der Waals surface area (Å²) in [6.45, 7) is 13.8. The molecule has 0 aromatic heterocycles. The summed E-state index contributed by atoms with van der Waals surface area (Å²) >= 11 is 23.5. The number of nitrogens with zero attached hydrogens (tertiary/aromatic N) is 4. The third kappa shape index (κ3) is 6.67. The van der Waals surface area contributed by atoms with Gasteiger partial charge in [-0.1, -0.05) is 23.2 Å². The number of quaternary nitrogens is 2. The van der Waals surface area contributed by atoms with Crippen LogP contribution in [-0.4, -0.2) is 108 Å². The van der Waals surface area contributed by atoms with Crippen LogP contribution in [0, 0.1) is 0 Å². The number of anilines is 2. The Kier molecular flexibility index (Phi) is 8.43. The van der Waals surface area contributed by atoms with Crippen LogP contribution in [0.25, 0.3) is 0 Å². The quantitative estimate of drug-likeness (QED) is 0.395. The van der Waals surface area contributed by atoms with Gasteiger partial charge in [-0.15, -0.1) is 0 Å². The van der Waals surface area contributed by atoms with E-state index in [4.69, 9.17) is 47.6 Å². The molecule has 0 amide bonds. The van der Waals surface area contributed by atoms with E-state index in [1.165, 1.54) is 67.7 Å². The second kappa shape index (κ2) is 11.6. The van der Waals surface area contributed by atoms with Gasteiger partial charge in [-0.25, -0.2) is 0 Å². The molecule has 0 bridgehead atoms. The fourth-order valence-corrected chi connectivity index (χ4v) is 6.79. The lowest BCUT2D eigenvalue weighted by Gasteiger charge is -2.46. The molecule has 198 valence electrons. The zero-order chi connectivity index (χ0) is 25.9. The van der Waals surface area contributed by atoms with E-state index in [1.54, 1.807) is 0 Å². The summed E-state index contributed by atoms with van der Waals surface area (Å²) in [5, 5.41) is 9.87. The molecule has 0 aliphatic carbocycles. The highest BCUT2D eigenvalue weighted by molar-refractivity contribution is 7.80. The summed E-state index contributed by atoms with van der Waals surface area (Å²) in [4.78, 5) is 4.66. The van der Waals surface area contributed by atoms with Gasteiger partial charge in [0.15, 0.2) is 10.2 Å². The maximum atomic E-state index is 6.01. The van der Waals surface area contributed by atoms with Gasteiger partial charge in [-0.2, -0.15) is 0 Å². The van der Waals surface area contributed by atoms with E-state index in [9.17, 15) is 0 Å². The summed E-state index contributed by atoms with van der Waals surface area (Å²) in [7, 11) is 0. The molecule has 3 aliphatic rings. The third-order valence-electron chi connectivity index (χ3n) is 8.46. The molecule has 3 fully saturated rings. The molecular weight excluding hydrogens is 543 g/mol. The molecule has 10 heteroatoms. The molecule has 5 rings (SSSR count). The van der Waals surface area contributed by atoms with Gasteiger partial charge < -0.3 is 29.4 Å². The molecule has 6 nitrogen and oxygen atoms in total. The lowest BCUT2D eigenvalue weighted by atomic mass is 10.2. The number of piperazine rings is 2. The molecule has 3 heterocycles. The van der Waals surface area contributed by atoms with Crippen LogP contribution in [0.4, 0.5) is 11.4 Å². The lowest BCUT2D eigenvalue weighted by Crippen LogP contribution is -2.64. The third-order valence-corrected chi connectivity index (χ3v) is 9.68. The monoisotopic (exact) mass is 578 g/mol. The molecule has 3 aliphatic heterocycles. The molecule has 2 spiro atoms. The maximum absolute atomic E-state index is 6.01. The van der Waals surface area contributed by atoms with Gasteiger partial charge in [0.2, 0.25) is 0 Å².